The van der Waals surface area contributed by atoms with Gasteiger partial charge in [0.2, 0.25) is 5.91 Å². The number of allylic oxidation sites excluding steroid dienone is 1. The molecule has 1 N–H and O–H groups in total. The number of nitrogens with zero attached hydrogens (tertiary/aromatic N) is 1. The number of imide groups is 1. The first-order valence-corrected chi connectivity index (χ1v) is 18.6. The number of ketones is 2. The Kier molecular flexibility index (Phi) is 15.4. The number of amides is 2. The molecule has 1 fully saturated rings. The lowest BCUT2D eigenvalue weighted by molar-refractivity contribution is -0.158. The smallest absolute Gasteiger partial charge is 0.417 e. The number of aryl methyl sites for hydroxylation is 1. The van der Waals surface area contributed by atoms with Crippen LogP contribution in [-0.2, 0) is 51.2 Å². The van der Waals surface area contributed by atoms with Crippen molar-refractivity contribution in [2.45, 2.75) is 58.0 Å². The zero-order chi connectivity index (χ0) is 39.9. The van der Waals surface area contributed by atoms with Crippen LogP contribution >= 0.6 is 0 Å². The molecule has 11 nitrogen and oxygen atoms in total. The van der Waals surface area contributed by atoms with E-state index < -0.39 is 47.9 Å². The van der Waals surface area contributed by atoms with E-state index in [1.54, 1.807) is 72.8 Å². The minimum Gasteiger partial charge on any atom is -0.453 e. The molecule has 0 saturated carbocycles. The van der Waals surface area contributed by atoms with E-state index in [0.29, 0.717) is 29.7 Å². The van der Waals surface area contributed by atoms with Crippen LogP contribution in [0.15, 0.2) is 121 Å². The fourth-order valence-corrected chi connectivity index (χ4v) is 6.46. The van der Waals surface area contributed by atoms with E-state index in [-0.39, 0.29) is 50.6 Å². The van der Waals surface area contributed by atoms with E-state index in [2.05, 4.69) is 0 Å². The molecule has 11 heteroatoms. The van der Waals surface area contributed by atoms with Crippen LogP contribution in [0.25, 0.3) is 5.57 Å². The Morgan fingerprint density at radius 1 is 0.893 bits per heavy atom. The van der Waals surface area contributed by atoms with Gasteiger partial charge in [0.05, 0.1) is 25.7 Å². The van der Waals surface area contributed by atoms with Crippen molar-refractivity contribution >= 4 is 35.1 Å². The van der Waals surface area contributed by atoms with Crippen molar-refractivity contribution in [3.8, 4) is 0 Å². The fourth-order valence-electron chi connectivity index (χ4n) is 6.46. The number of aliphatic hydroxyl groups is 1. The molecule has 0 bridgehead atoms. The Labute approximate surface area is 326 Å². The summed E-state index contributed by atoms with van der Waals surface area (Å²) in [4.78, 5) is 69.6. The average Bonchev–Trinajstić information content (AvgIpc) is 3.60. The number of carbonyl (C=O) groups is 5. The van der Waals surface area contributed by atoms with Gasteiger partial charge in [-0.05, 0) is 48.1 Å². The lowest BCUT2D eigenvalue weighted by Crippen LogP contribution is -2.47. The van der Waals surface area contributed by atoms with Gasteiger partial charge in [-0.25, -0.2) is 9.69 Å². The Morgan fingerprint density at radius 2 is 1.55 bits per heavy atom. The van der Waals surface area contributed by atoms with E-state index in [1.807, 2.05) is 49.4 Å². The molecule has 0 radical (unpaired) electrons. The maximum atomic E-state index is 14.5. The molecule has 0 spiro atoms. The third-order valence-electron chi connectivity index (χ3n) is 9.29. The van der Waals surface area contributed by atoms with Crippen LogP contribution < -0.4 is 0 Å². The monoisotopic (exact) mass is 761 g/mol. The highest BCUT2D eigenvalue weighted by molar-refractivity contribution is 6.25. The van der Waals surface area contributed by atoms with Crippen molar-refractivity contribution in [1.29, 1.82) is 0 Å². The van der Waals surface area contributed by atoms with Crippen molar-refractivity contribution in [1.82, 2.24) is 4.90 Å². The minimum atomic E-state index is -1.69. The Morgan fingerprint density at radius 3 is 2.20 bits per heavy atom. The van der Waals surface area contributed by atoms with Crippen molar-refractivity contribution in [3.05, 3.63) is 149 Å². The summed E-state index contributed by atoms with van der Waals surface area (Å²) < 4.78 is 22.5. The maximum Gasteiger partial charge on any atom is 0.417 e. The quantitative estimate of drug-likeness (QED) is 0.0610. The highest BCUT2D eigenvalue weighted by Gasteiger charge is 2.46. The molecule has 1 aliphatic rings. The average molecular weight is 762 g/mol. The molecule has 0 aliphatic carbocycles. The van der Waals surface area contributed by atoms with Crippen LogP contribution in [0, 0.1) is 12.8 Å². The minimum absolute atomic E-state index is 0.00466. The summed E-state index contributed by atoms with van der Waals surface area (Å²) in [7, 11) is 0. The molecule has 1 heterocycles. The van der Waals surface area contributed by atoms with Gasteiger partial charge in [-0.15, -0.1) is 0 Å². The zero-order valence-electron chi connectivity index (χ0n) is 31.6. The molecule has 56 heavy (non-hydrogen) atoms. The van der Waals surface area contributed by atoms with Crippen LogP contribution in [0.1, 0.15) is 53.6 Å². The zero-order valence-corrected chi connectivity index (χ0v) is 31.6. The molecule has 1 aliphatic heterocycles. The first-order chi connectivity index (χ1) is 27.1. The van der Waals surface area contributed by atoms with Crippen LogP contribution in [0.3, 0.4) is 0 Å². The van der Waals surface area contributed by atoms with Gasteiger partial charge in [-0.3, -0.25) is 19.2 Å². The number of Topliss-reactive ketones (excluding diaryl/α,β-unsaturated/α-hetero) is 1. The topological polar surface area (TPSA) is 146 Å². The highest BCUT2D eigenvalue weighted by atomic mass is 16.6. The van der Waals surface area contributed by atoms with E-state index in [1.165, 1.54) is 0 Å². The number of esters is 1. The van der Waals surface area contributed by atoms with Crippen LogP contribution in [0.4, 0.5) is 4.79 Å². The van der Waals surface area contributed by atoms with Gasteiger partial charge < -0.3 is 24.1 Å². The summed E-state index contributed by atoms with van der Waals surface area (Å²) in [5, 5.41) is 9.77. The van der Waals surface area contributed by atoms with Crippen molar-refractivity contribution in [2.75, 3.05) is 26.4 Å². The summed E-state index contributed by atoms with van der Waals surface area (Å²) in [5.41, 5.74) is 3.66. The maximum absolute atomic E-state index is 14.5. The highest BCUT2D eigenvalue weighted by Crippen LogP contribution is 2.32. The Bertz CT molecular complexity index is 1960. The molecule has 1 saturated heterocycles. The largest absolute Gasteiger partial charge is 0.453 e. The molecular weight excluding hydrogens is 714 g/mol. The van der Waals surface area contributed by atoms with Gasteiger partial charge >= 0.3 is 12.1 Å². The van der Waals surface area contributed by atoms with Gasteiger partial charge in [0.25, 0.3) is 0 Å². The lowest BCUT2D eigenvalue weighted by Gasteiger charge is -2.29. The van der Waals surface area contributed by atoms with Gasteiger partial charge in [0.15, 0.2) is 17.7 Å². The second-order valence-corrected chi connectivity index (χ2v) is 13.6. The number of rotatable bonds is 20. The lowest BCUT2D eigenvalue weighted by atomic mass is 9.87. The second kappa shape index (κ2) is 20.8. The number of aliphatic hydroxyl groups excluding tert-OH is 1. The van der Waals surface area contributed by atoms with Crippen molar-refractivity contribution < 1.29 is 48.0 Å². The van der Waals surface area contributed by atoms with E-state index in [0.717, 1.165) is 29.0 Å². The summed E-state index contributed by atoms with van der Waals surface area (Å²) in [5.74, 6) is -4.09. The predicted octanol–water partition coefficient (Wildman–Crippen LogP) is 6.40. The normalized spacial score (nSPS) is 15.8. The molecule has 4 aromatic rings. The van der Waals surface area contributed by atoms with Gasteiger partial charge in [0.1, 0.15) is 18.8 Å². The predicted molar refractivity (Wildman–Crippen MR) is 208 cm³/mol. The number of benzene rings is 4. The van der Waals surface area contributed by atoms with E-state index >= 15 is 0 Å². The number of hydrogen-bond donors (Lipinski definition) is 1. The molecule has 4 aromatic carbocycles. The molecular formula is C45H47NO10. The molecule has 0 unspecified atom stereocenters. The van der Waals surface area contributed by atoms with Crippen molar-refractivity contribution in [2.24, 2.45) is 5.92 Å². The van der Waals surface area contributed by atoms with Gasteiger partial charge in [0, 0.05) is 25.5 Å². The van der Waals surface area contributed by atoms with E-state index in [9.17, 15) is 29.1 Å². The number of cyclic esters (lactones) is 1. The Hall–Kier alpha value is -5.75. The van der Waals surface area contributed by atoms with E-state index in [4.69, 9.17) is 18.9 Å². The third kappa shape index (κ3) is 11.6. The summed E-state index contributed by atoms with van der Waals surface area (Å²) in [6, 6.07) is 33.7. The number of ether oxygens (including phenoxy) is 4. The SMILES string of the molecule is CC(=O)O[C@H](C(=O)C=C(C(=O)CCCOC[C@@H](CO)OCc1ccccc1)c1cccc(C)c1)[C@H](Cc1ccccc1)C(=O)N1C(=O)OC[C@@H]1c1ccccc1. The molecule has 0 aromatic heterocycles. The molecule has 2 amide bonds. The summed E-state index contributed by atoms with van der Waals surface area (Å²) in [6.45, 7) is 3.28. The fraction of sp³-hybridized carbons (Fsp3) is 0.311. The van der Waals surface area contributed by atoms with Crippen LogP contribution in [0.5, 0.6) is 0 Å². The molecule has 5 rings (SSSR count). The first-order valence-electron chi connectivity index (χ1n) is 18.6. The second-order valence-electron chi connectivity index (χ2n) is 13.6. The Balaban J connectivity index is 1.38. The van der Waals surface area contributed by atoms with Crippen molar-refractivity contribution in [3.63, 3.8) is 0 Å². The van der Waals surface area contributed by atoms with Gasteiger partial charge in [-0.2, -0.15) is 0 Å². The summed E-state index contributed by atoms with van der Waals surface area (Å²) >= 11 is 0. The standard InChI is InChI=1S/C45H47NO10/c1-31-14-12-21-36(24-31)38(41(49)22-13-23-53-29-37(27-47)54-28-34-17-8-4-9-18-34)26-42(50)43(56-32(2)48)39(25-33-15-6-3-7-16-33)44(51)46-40(30-55-45(46)52)35-19-10-5-11-20-35/h3-12,14-21,24,26,37,39-40,43,47H,13,22-23,25,27-30H2,1-2H3/t37-,39+,40-,43+/m1/s1. The van der Waals surface area contributed by atoms with Gasteiger partial charge in [-0.1, -0.05) is 121 Å². The van der Waals surface area contributed by atoms with Crippen LogP contribution in [-0.4, -0.2) is 78.2 Å². The number of carbonyl (C=O) groups excluding carboxylic acids is 5. The molecule has 292 valence electrons. The first kappa shape index (κ1) is 41.4. The number of hydrogen-bond acceptors (Lipinski definition) is 10. The third-order valence-corrected chi connectivity index (χ3v) is 9.29. The molecule has 4 atom stereocenters. The van der Waals surface area contributed by atoms with Crippen LogP contribution in [0.2, 0.25) is 0 Å². The summed E-state index contributed by atoms with van der Waals surface area (Å²) in [6.07, 6.45) is -1.74.